The quantitative estimate of drug-likeness (QED) is 0.895. The Morgan fingerprint density at radius 2 is 2.11 bits per heavy atom. The summed E-state index contributed by atoms with van der Waals surface area (Å²) in [7, 11) is 1.87. The van der Waals surface area contributed by atoms with Crippen LogP contribution in [0, 0.1) is 6.92 Å². The predicted octanol–water partition coefficient (Wildman–Crippen LogP) is 2.84. The highest BCUT2D eigenvalue weighted by Gasteiger charge is 2.07. The summed E-state index contributed by atoms with van der Waals surface area (Å²) >= 11 is 0. The van der Waals surface area contributed by atoms with Crippen LogP contribution in [-0.4, -0.2) is 22.0 Å². The van der Waals surface area contributed by atoms with Crippen molar-refractivity contribution in [2.24, 2.45) is 0 Å². The Kier molecular flexibility index (Phi) is 3.87. The summed E-state index contributed by atoms with van der Waals surface area (Å²) in [6.45, 7) is 4.20. The first-order valence-electron chi connectivity index (χ1n) is 6.21. The van der Waals surface area contributed by atoms with E-state index < -0.39 is 0 Å². The Bertz CT molecular complexity index is 537. The molecule has 0 saturated carbocycles. The van der Waals surface area contributed by atoms with E-state index in [2.05, 4.69) is 34.1 Å². The van der Waals surface area contributed by atoms with Crippen molar-refractivity contribution in [2.75, 3.05) is 12.4 Å². The second kappa shape index (κ2) is 5.58. The van der Waals surface area contributed by atoms with Crippen molar-refractivity contribution >= 4 is 5.82 Å². The highest BCUT2D eigenvalue weighted by molar-refractivity contribution is 5.64. The van der Waals surface area contributed by atoms with Crippen LogP contribution in [0.5, 0.6) is 0 Å². The molecule has 0 bridgehead atoms. The van der Waals surface area contributed by atoms with E-state index in [1.165, 1.54) is 5.56 Å². The van der Waals surface area contributed by atoms with E-state index in [0.717, 1.165) is 35.7 Å². The molecule has 0 spiro atoms. The van der Waals surface area contributed by atoms with E-state index in [-0.39, 0.29) is 0 Å². The fourth-order valence-electron chi connectivity index (χ4n) is 1.83. The number of aryl methyl sites for hydroxylation is 2. The van der Waals surface area contributed by atoms with E-state index in [0.29, 0.717) is 0 Å². The highest BCUT2D eigenvalue weighted by Crippen LogP contribution is 2.22. The Labute approximate surface area is 108 Å². The molecule has 2 rings (SSSR count). The molecule has 4 nitrogen and oxygen atoms in total. The van der Waals surface area contributed by atoms with Crippen molar-refractivity contribution in [3.05, 3.63) is 35.9 Å². The molecule has 2 aromatic heterocycles. The van der Waals surface area contributed by atoms with Crippen LogP contribution >= 0.6 is 0 Å². The second-order valence-corrected chi connectivity index (χ2v) is 4.25. The Balaban J connectivity index is 2.50. The lowest BCUT2D eigenvalue weighted by molar-refractivity contribution is 0.837. The maximum absolute atomic E-state index is 4.61. The summed E-state index contributed by atoms with van der Waals surface area (Å²) in [5.74, 6) is 1.73. The molecule has 0 aliphatic carbocycles. The zero-order valence-electron chi connectivity index (χ0n) is 11.1. The lowest BCUT2D eigenvalue weighted by Gasteiger charge is -2.09. The van der Waals surface area contributed by atoms with Crippen LogP contribution in [0.4, 0.5) is 5.82 Å². The Morgan fingerprint density at radius 1 is 1.28 bits per heavy atom. The maximum Gasteiger partial charge on any atom is 0.131 e. The Hall–Kier alpha value is -1.97. The molecule has 0 amide bonds. The number of nitrogens with one attached hydrogen (secondary N) is 1. The first kappa shape index (κ1) is 12.5. The van der Waals surface area contributed by atoms with Crippen molar-refractivity contribution < 1.29 is 0 Å². The molecular formula is C14H18N4. The van der Waals surface area contributed by atoms with Crippen molar-refractivity contribution in [1.82, 2.24) is 15.0 Å². The predicted molar refractivity (Wildman–Crippen MR) is 73.5 cm³/mol. The monoisotopic (exact) mass is 242 g/mol. The standard InChI is InChI=1S/C14H18N4/c1-4-5-13-17-12(8-14(15-3)18-13)11-9-16-7-6-10(11)2/h6-9H,4-5H2,1-3H3,(H,15,17,18). The molecule has 0 saturated heterocycles. The largest absolute Gasteiger partial charge is 0.373 e. The van der Waals surface area contributed by atoms with Crippen molar-refractivity contribution in [2.45, 2.75) is 26.7 Å². The maximum atomic E-state index is 4.61. The number of hydrogen-bond donors (Lipinski definition) is 1. The summed E-state index contributed by atoms with van der Waals surface area (Å²) < 4.78 is 0. The van der Waals surface area contributed by atoms with Crippen LogP contribution in [0.3, 0.4) is 0 Å². The second-order valence-electron chi connectivity index (χ2n) is 4.25. The van der Waals surface area contributed by atoms with E-state index in [9.17, 15) is 0 Å². The van der Waals surface area contributed by atoms with Gasteiger partial charge in [-0.1, -0.05) is 6.92 Å². The lowest BCUT2D eigenvalue weighted by atomic mass is 10.1. The summed E-state index contributed by atoms with van der Waals surface area (Å²) in [5.41, 5.74) is 3.17. The van der Waals surface area contributed by atoms with E-state index in [1.807, 2.05) is 25.4 Å². The SMILES string of the molecule is CCCc1nc(NC)cc(-c2cnccc2C)n1. The first-order valence-corrected chi connectivity index (χ1v) is 6.21. The highest BCUT2D eigenvalue weighted by atomic mass is 15.0. The van der Waals surface area contributed by atoms with Gasteiger partial charge in [0.15, 0.2) is 0 Å². The first-order chi connectivity index (χ1) is 8.74. The van der Waals surface area contributed by atoms with E-state index >= 15 is 0 Å². The normalized spacial score (nSPS) is 10.4. The van der Waals surface area contributed by atoms with Crippen LogP contribution < -0.4 is 5.32 Å². The summed E-state index contributed by atoms with van der Waals surface area (Å²) in [6.07, 6.45) is 5.58. The topological polar surface area (TPSA) is 50.7 Å². The molecule has 0 radical (unpaired) electrons. The van der Waals surface area contributed by atoms with Crippen molar-refractivity contribution in [1.29, 1.82) is 0 Å². The number of anilines is 1. The van der Waals surface area contributed by atoms with Crippen LogP contribution in [-0.2, 0) is 6.42 Å². The third-order valence-electron chi connectivity index (χ3n) is 2.82. The average Bonchev–Trinajstić information content (AvgIpc) is 2.39. The molecule has 94 valence electrons. The molecule has 18 heavy (non-hydrogen) atoms. The van der Waals surface area contributed by atoms with Gasteiger partial charge in [0.1, 0.15) is 11.6 Å². The van der Waals surface area contributed by atoms with Gasteiger partial charge in [-0.05, 0) is 25.0 Å². The molecule has 0 unspecified atom stereocenters. The number of aromatic nitrogens is 3. The Morgan fingerprint density at radius 3 is 2.78 bits per heavy atom. The zero-order chi connectivity index (χ0) is 13.0. The van der Waals surface area contributed by atoms with Crippen LogP contribution in [0.25, 0.3) is 11.3 Å². The molecule has 2 aromatic rings. The summed E-state index contributed by atoms with van der Waals surface area (Å²) in [5, 5.41) is 3.08. The van der Waals surface area contributed by atoms with Crippen molar-refractivity contribution in [3.8, 4) is 11.3 Å². The zero-order valence-corrected chi connectivity index (χ0v) is 11.1. The van der Waals surface area contributed by atoms with Gasteiger partial charge < -0.3 is 5.32 Å². The fourth-order valence-corrected chi connectivity index (χ4v) is 1.83. The van der Waals surface area contributed by atoms with Crippen LogP contribution in [0.15, 0.2) is 24.5 Å². The van der Waals surface area contributed by atoms with Gasteiger partial charge in [-0.15, -0.1) is 0 Å². The third-order valence-corrected chi connectivity index (χ3v) is 2.82. The number of hydrogen-bond acceptors (Lipinski definition) is 4. The minimum absolute atomic E-state index is 0.853. The molecule has 1 N–H and O–H groups in total. The molecular weight excluding hydrogens is 224 g/mol. The molecule has 2 heterocycles. The van der Waals surface area contributed by atoms with Gasteiger partial charge >= 0.3 is 0 Å². The van der Waals surface area contributed by atoms with Gasteiger partial charge in [-0.3, -0.25) is 4.98 Å². The van der Waals surface area contributed by atoms with Gasteiger partial charge in [-0.2, -0.15) is 0 Å². The van der Waals surface area contributed by atoms with E-state index in [1.54, 1.807) is 6.20 Å². The number of nitrogens with zero attached hydrogens (tertiary/aromatic N) is 3. The summed E-state index contributed by atoms with van der Waals surface area (Å²) in [4.78, 5) is 13.2. The van der Waals surface area contributed by atoms with Crippen LogP contribution in [0.2, 0.25) is 0 Å². The fraction of sp³-hybridized carbons (Fsp3) is 0.357. The lowest BCUT2D eigenvalue weighted by Crippen LogP contribution is -2.02. The average molecular weight is 242 g/mol. The third kappa shape index (κ3) is 2.64. The molecule has 0 aliphatic heterocycles. The number of pyridine rings is 1. The van der Waals surface area contributed by atoms with Gasteiger partial charge in [0.25, 0.3) is 0 Å². The van der Waals surface area contributed by atoms with Gasteiger partial charge in [0.2, 0.25) is 0 Å². The van der Waals surface area contributed by atoms with Gasteiger partial charge in [-0.25, -0.2) is 9.97 Å². The smallest absolute Gasteiger partial charge is 0.131 e. The summed E-state index contributed by atoms with van der Waals surface area (Å²) in [6, 6.07) is 3.96. The van der Waals surface area contributed by atoms with Crippen LogP contribution in [0.1, 0.15) is 24.7 Å². The molecule has 0 atom stereocenters. The molecule has 0 aliphatic rings. The van der Waals surface area contributed by atoms with E-state index in [4.69, 9.17) is 0 Å². The minimum Gasteiger partial charge on any atom is -0.373 e. The van der Waals surface area contributed by atoms with Gasteiger partial charge in [0, 0.05) is 37.5 Å². The number of rotatable bonds is 4. The minimum atomic E-state index is 0.853. The molecule has 4 heteroatoms. The van der Waals surface area contributed by atoms with Gasteiger partial charge in [0.05, 0.1) is 5.69 Å². The molecule has 0 aromatic carbocycles. The van der Waals surface area contributed by atoms with Crippen molar-refractivity contribution in [3.63, 3.8) is 0 Å². The molecule has 0 fully saturated rings.